The zero-order valence-corrected chi connectivity index (χ0v) is 17.8. The van der Waals surface area contributed by atoms with Gasteiger partial charge < -0.3 is 19.4 Å². The lowest BCUT2D eigenvalue weighted by atomic mass is 10.0. The van der Waals surface area contributed by atoms with Crippen LogP contribution >= 0.6 is 0 Å². The molecule has 2 aliphatic rings. The van der Waals surface area contributed by atoms with Crippen LogP contribution in [0.15, 0.2) is 42.5 Å². The Morgan fingerprint density at radius 2 is 1.81 bits per heavy atom. The number of carbonyl (C=O) groups is 1. The molecule has 2 heterocycles. The highest BCUT2D eigenvalue weighted by atomic mass is 16.6. The molecule has 0 unspecified atom stereocenters. The third-order valence-electron chi connectivity index (χ3n) is 6.16. The summed E-state index contributed by atoms with van der Waals surface area (Å²) in [5.41, 5.74) is 3.55. The Labute approximate surface area is 182 Å². The van der Waals surface area contributed by atoms with Gasteiger partial charge in [0.1, 0.15) is 5.75 Å². The van der Waals surface area contributed by atoms with Crippen molar-refractivity contribution < 1.29 is 14.5 Å². The van der Waals surface area contributed by atoms with Crippen LogP contribution in [0.5, 0.6) is 5.75 Å². The standard InChI is InChI=1S/C23H28N4O4/c1-31-21-8-9-22-18(17-21)3-2-11-25(22)12-10-23(28)26-15-13-24(14-16-26)19-4-6-20(7-5-19)27(29)30/h4-9,17H,2-3,10-16H2,1H3. The Morgan fingerprint density at radius 3 is 2.48 bits per heavy atom. The molecular weight excluding hydrogens is 396 g/mol. The van der Waals surface area contributed by atoms with Gasteiger partial charge in [0.05, 0.1) is 12.0 Å². The number of carbonyl (C=O) groups excluding carboxylic acids is 1. The maximum Gasteiger partial charge on any atom is 0.269 e. The molecule has 2 aliphatic heterocycles. The summed E-state index contributed by atoms with van der Waals surface area (Å²) in [4.78, 5) is 29.6. The lowest BCUT2D eigenvalue weighted by Crippen LogP contribution is -2.49. The number of methoxy groups -OCH3 is 1. The molecule has 8 heteroatoms. The zero-order chi connectivity index (χ0) is 21.8. The number of hydrogen-bond donors (Lipinski definition) is 0. The summed E-state index contributed by atoms with van der Waals surface area (Å²) in [5, 5.41) is 10.8. The summed E-state index contributed by atoms with van der Waals surface area (Å²) in [7, 11) is 1.68. The van der Waals surface area contributed by atoms with Crippen molar-refractivity contribution in [2.45, 2.75) is 19.3 Å². The molecule has 0 radical (unpaired) electrons. The minimum absolute atomic E-state index is 0.0929. The molecule has 0 bridgehead atoms. The van der Waals surface area contributed by atoms with E-state index in [9.17, 15) is 14.9 Å². The first kappa shape index (κ1) is 21.0. The van der Waals surface area contributed by atoms with E-state index < -0.39 is 4.92 Å². The van der Waals surface area contributed by atoms with Crippen LogP contribution in [0.3, 0.4) is 0 Å². The first-order valence-electron chi connectivity index (χ1n) is 10.7. The number of nitro groups is 1. The van der Waals surface area contributed by atoms with Gasteiger partial charge in [-0.25, -0.2) is 0 Å². The highest BCUT2D eigenvalue weighted by Crippen LogP contribution is 2.30. The Kier molecular flexibility index (Phi) is 6.25. The van der Waals surface area contributed by atoms with Gasteiger partial charge in [-0.2, -0.15) is 0 Å². The lowest BCUT2D eigenvalue weighted by molar-refractivity contribution is -0.384. The number of anilines is 2. The smallest absolute Gasteiger partial charge is 0.269 e. The van der Waals surface area contributed by atoms with Crippen molar-refractivity contribution in [3.8, 4) is 5.75 Å². The SMILES string of the molecule is COc1ccc2c(c1)CCCN2CCC(=O)N1CCN(c2ccc([N+](=O)[O-])cc2)CC1. The summed E-state index contributed by atoms with van der Waals surface area (Å²) in [6.45, 7) is 4.50. The van der Waals surface area contributed by atoms with E-state index in [0.717, 1.165) is 50.5 Å². The zero-order valence-electron chi connectivity index (χ0n) is 17.8. The normalized spacial score (nSPS) is 16.1. The number of rotatable bonds is 6. The van der Waals surface area contributed by atoms with Crippen LogP contribution in [-0.4, -0.2) is 62.1 Å². The summed E-state index contributed by atoms with van der Waals surface area (Å²) < 4.78 is 5.34. The number of piperazine rings is 1. The molecule has 1 amide bonds. The molecule has 4 rings (SSSR count). The van der Waals surface area contributed by atoms with Gasteiger partial charge in [0.25, 0.3) is 5.69 Å². The highest BCUT2D eigenvalue weighted by Gasteiger charge is 2.23. The second-order valence-electron chi connectivity index (χ2n) is 7.98. The predicted molar refractivity (Wildman–Crippen MR) is 120 cm³/mol. The van der Waals surface area contributed by atoms with Crippen molar-refractivity contribution in [2.75, 3.05) is 56.2 Å². The second-order valence-corrected chi connectivity index (χ2v) is 7.98. The van der Waals surface area contributed by atoms with Crippen LogP contribution in [0.2, 0.25) is 0 Å². The number of hydrogen-bond acceptors (Lipinski definition) is 6. The molecule has 0 spiro atoms. The van der Waals surface area contributed by atoms with Crippen LogP contribution < -0.4 is 14.5 Å². The Balaban J connectivity index is 1.29. The van der Waals surface area contributed by atoms with E-state index in [1.165, 1.54) is 23.4 Å². The predicted octanol–water partition coefficient (Wildman–Crippen LogP) is 3.09. The van der Waals surface area contributed by atoms with Gasteiger partial charge in [0.2, 0.25) is 5.91 Å². The molecule has 2 aromatic carbocycles. The number of non-ortho nitro benzene ring substituents is 1. The van der Waals surface area contributed by atoms with Crippen LogP contribution in [0, 0.1) is 10.1 Å². The number of fused-ring (bicyclic) bond motifs is 1. The summed E-state index contributed by atoms with van der Waals surface area (Å²) in [6.07, 6.45) is 2.63. The van der Waals surface area contributed by atoms with Crippen molar-refractivity contribution in [3.05, 3.63) is 58.1 Å². The van der Waals surface area contributed by atoms with Gasteiger partial charge >= 0.3 is 0 Å². The fourth-order valence-electron chi connectivity index (χ4n) is 4.40. The van der Waals surface area contributed by atoms with Gasteiger partial charge in [-0.3, -0.25) is 14.9 Å². The molecule has 164 valence electrons. The average Bonchev–Trinajstić information content (AvgIpc) is 2.82. The van der Waals surface area contributed by atoms with Gasteiger partial charge in [-0.05, 0) is 48.7 Å². The van der Waals surface area contributed by atoms with E-state index >= 15 is 0 Å². The van der Waals surface area contributed by atoms with E-state index in [-0.39, 0.29) is 11.6 Å². The number of nitro benzene ring substituents is 1. The molecule has 0 N–H and O–H groups in total. The van der Waals surface area contributed by atoms with E-state index in [2.05, 4.69) is 21.9 Å². The van der Waals surface area contributed by atoms with Gasteiger partial charge in [0, 0.05) is 69.2 Å². The Bertz CT molecular complexity index is 939. The molecule has 31 heavy (non-hydrogen) atoms. The quantitative estimate of drug-likeness (QED) is 0.524. The van der Waals surface area contributed by atoms with E-state index in [0.29, 0.717) is 19.5 Å². The van der Waals surface area contributed by atoms with Crippen LogP contribution in [0.25, 0.3) is 0 Å². The maximum atomic E-state index is 12.8. The number of ether oxygens (including phenoxy) is 1. The molecule has 0 saturated carbocycles. The van der Waals surface area contributed by atoms with E-state index in [4.69, 9.17) is 4.74 Å². The first-order valence-corrected chi connectivity index (χ1v) is 10.7. The molecule has 0 aromatic heterocycles. The molecular formula is C23H28N4O4. The van der Waals surface area contributed by atoms with Crippen molar-refractivity contribution in [3.63, 3.8) is 0 Å². The fraction of sp³-hybridized carbons (Fsp3) is 0.435. The van der Waals surface area contributed by atoms with Crippen LogP contribution in [0.1, 0.15) is 18.4 Å². The topological polar surface area (TPSA) is 79.2 Å². The maximum absolute atomic E-state index is 12.8. The second kappa shape index (κ2) is 9.24. The molecule has 0 aliphatic carbocycles. The third-order valence-corrected chi connectivity index (χ3v) is 6.16. The monoisotopic (exact) mass is 424 g/mol. The largest absolute Gasteiger partial charge is 0.497 e. The fourth-order valence-corrected chi connectivity index (χ4v) is 4.40. The average molecular weight is 425 g/mol. The number of nitrogens with zero attached hydrogens (tertiary/aromatic N) is 4. The molecule has 2 aromatic rings. The Morgan fingerprint density at radius 1 is 1.06 bits per heavy atom. The van der Waals surface area contributed by atoms with Crippen LogP contribution in [0.4, 0.5) is 17.1 Å². The van der Waals surface area contributed by atoms with Crippen LogP contribution in [-0.2, 0) is 11.2 Å². The lowest BCUT2D eigenvalue weighted by Gasteiger charge is -2.37. The molecule has 0 atom stereocenters. The number of aryl methyl sites for hydroxylation is 1. The van der Waals surface area contributed by atoms with Crippen molar-refractivity contribution in [2.24, 2.45) is 0 Å². The summed E-state index contributed by atoms with van der Waals surface area (Å²) in [5.74, 6) is 1.06. The molecule has 8 nitrogen and oxygen atoms in total. The Hall–Kier alpha value is -3.29. The minimum atomic E-state index is -0.391. The number of amides is 1. The van der Waals surface area contributed by atoms with Gasteiger partial charge in [-0.1, -0.05) is 0 Å². The number of benzene rings is 2. The minimum Gasteiger partial charge on any atom is -0.497 e. The molecule has 1 saturated heterocycles. The van der Waals surface area contributed by atoms with Crippen molar-refractivity contribution >= 4 is 23.0 Å². The molecule has 1 fully saturated rings. The summed E-state index contributed by atoms with van der Waals surface area (Å²) >= 11 is 0. The highest BCUT2D eigenvalue weighted by molar-refractivity contribution is 5.77. The van der Waals surface area contributed by atoms with Crippen molar-refractivity contribution in [1.82, 2.24) is 4.90 Å². The summed E-state index contributed by atoms with van der Waals surface area (Å²) in [6, 6.07) is 12.8. The van der Waals surface area contributed by atoms with Crippen molar-refractivity contribution in [1.29, 1.82) is 0 Å². The first-order chi connectivity index (χ1) is 15.0. The third kappa shape index (κ3) is 4.73. The van der Waals surface area contributed by atoms with E-state index in [1.54, 1.807) is 19.2 Å². The van der Waals surface area contributed by atoms with E-state index in [1.807, 2.05) is 11.0 Å². The van der Waals surface area contributed by atoms with Gasteiger partial charge in [0.15, 0.2) is 0 Å². The van der Waals surface area contributed by atoms with Gasteiger partial charge in [-0.15, -0.1) is 0 Å².